The number of anilines is 1. The van der Waals surface area contributed by atoms with Crippen molar-refractivity contribution in [1.82, 2.24) is 10.6 Å². The molecule has 1 heterocycles. The van der Waals surface area contributed by atoms with E-state index in [9.17, 15) is 5.11 Å². The van der Waals surface area contributed by atoms with E-state index in [0.717, 1.165) is 69.1 Å². The molecule has 144 valence electrons. The second-order valence-corrected chi connectivity index (χ2v) is 7.37. The largest absolute Gasteiger partial charge is 0.495 e. The van der Waals surface area contributed by atoms with Gasteiger partial charge in [0.05, 0.1) is 24.9 Å². The molecule has 0 aromatic heterocycles. The van der Waals surface area contributed by atoms with Gasteiger partial charge in [-0.05, 0) is 38.3 Å². The number of methoxy groups -OCH3 is 1. The average Bonchev–Trinajstić information content (AvgIpc) is 3.29. The fourth-order valence-corrected chi connectivity index (χ4v) is 3.92. The van der Waals surface area contributed by atoms with Crippen LogP contribution in [-0.4, -0.2) is 56.0 Å². The highest BCUT2D eigenvalue weighted by Crippen LogP contribution is 2.31. The number of rotatable bonds is 6. The molecule has 3 N–H and O–H groups in total. The molecular formula is C20H32N4O2. The summed E-state index contributed by atoms with van der Waals surface area (Å²) < 4.78 is 5.49. The van der Waals surface area contributed by atoms with Gasteiger partial charge in [-0.2, -0.15) is 0 Å². The number of hydrogen-bond acceptors (Lipinski definition) is 4. The number of nitrogens with one attached hydrogen (secondary N) is 2. The molecule has 1 aromatic rings. The average molecular weight is 361 g/mol. The lowest BCUT2D eigenvalue weighted by atomic mass is 10.0. The lowest BCUT2D eigenvalue weighted by Gasteiger charge is -2.23. The molecular weight excluding hydrogens is 328 g/mol. The van der Waals surface area contributed by atoms with E-state index in [0.29, 0.717) is 12.6 Å². The number of guanidine groups is 1. The van der Waals surface area contributed by atoms with Crippen LogP contribution in [0.5, 0.6) is 5.75 Å². The molecule has 0 spiro atoms. The number of para-hydroxylation sites is 2. The summed E-state index contributed by atoms with van der Waals surface area (Å²) in [7, 11) is 1.72. The fraction of sp³-hybridized carbons (Fsp3) is 0.650. The van der Waals surface area contributed by atoms with Crippen molar-refractivity contribution in [2.24, 2.45) is 4.99 Å². The SMILES string of the molecule is CCNC(=NCC1(O)CCCC1)NC1CCN(c2ccccc2OC)C1. The van der Waals surface area contributed by atoms with E-state index in [1.54, 1.807) is 7.11 Å². The van der Waals surface area contributed by atoms with Crippen LogP contribution in [0, 0.1) is 0 Å². The summed E-state index contributed by atoms with van der Waals surface area (Å²) in [6.07, 6.45) is 4.98. The Kier molecular flexibility index (Phi) is 6.25. The number of hydrogen-bond donors (Lipinski definition) is 3. The maximum atomic E-state index is 10.5. The summed E-state index contributed by atoms with van der Waals surface area (Å²) in [4.78, 5) is 7.02. The van der Waals surface area contributed by atoms with Gasteiger partial charge in [0.15, 0.2) is 5.96 Å². The van der Waals surface area contributed by atoms with Gasteiger partial charge in [0.25, 0.3) is 0 Å². The van der Waals surface area contributed by atoms with Gasteiger partial charge in [-0.3, -0.25) is 4.99 Å². The lowest BCUT2D eigenvalue weighted by Crippen LogP contribution is -2.45. The van der Waals surface area contributed by atoms with Crippen LogP contribution >= 0.6 is 0 Å². The first kappa shape index (κ1) is 18.8. The molecule has 26 heavy (non-hydrogen) atoms. The van der Waals surface area contributed by atoms with Crippen LogP contribution in [0.25, 0.3) is 0 Å². The lowest BCUT2D eigenvalue weighted by molar-refractivity contribution is 0.0574. The van der Waals surface area contributed by atoms with Crippen LogP contribution in [0.4, 0.5) is 5.69 Å². The molecule has 1 aliphatic carbocycles. The van der Waals surface area contributed by atoms with Gasteiger partial charge in [0.2, 0.25) is 0 Å². The van der Waals surface area contributed by atoms with Crippen molar-refractivity contribution < 1.29 is 9.84 Å². The van der Waals surface area contributed by atoms with Crippen molar-refractivity contribution in [2.75, 3.05) is 38.2 Å². The van der Waals surface area contributed by atoms with Crippen LogP contribution in [0.15, 0.2) is 29.3 Å². The number of aliphatic hydroxyl groups is 1. The first-order valence-electron chi connectivity index (χ1n) is 9.79. The Morgan fingerprint density at radius 3 is 2.85 bits per heavy atom. The molecule has 1 aromatic carbocycles. The van der Waals surface area contributed by atoms with Gasteiger partial charge in [0.1, 0.15) is 5.75 Å². The van der Waals surface area contributed by atoms with Crippen molar-refractivity contribution >= 4 is 11.6 Å². The molecule has 3 rings (SSSR count). The van der Waals surface area contributed by atoms with Gasteiger partial charge in [-0.25, -0.2) is 0 Å². The number of aliphatic imine (C=N–C) groups is 1. The monoisotopic (exact) mass is 360 g/mol. The molecule has 6 heteroatoms. The van der Waals surface area contributed by atoms with E-state index in [-0.39, 0.29) is 0 Å². The summed E-state index contributed by atoms with van der Waals surface area (Å²) in [5.41, 5.74) is 0.531. The topological polar surface area (TPSA) is 69.1 Å². The maximum absolute atomic E-state index is 10.5. The van der Waals surface area contributed by atoms with E-state index in [1.807, 2.05) is 18.2 Å². The second kappa shape index (κ2) is 8.62. The van der Waals surface area contributed by atoms with Crippen LogP contribution in [0.2, 0.25) is 0 Å². The summed E-state index contributed by atoms with van der Waals surface area (Å²) in [5.74, 6) is 1.72. The molecule has 0 amide bonds. The quantitative estimate of drug-likeness (QED) is 0.536. The zero-order chi connectivity index (χ0) is 18.4. The molecule has 2 aliphatic rings. The van der Waals surface area contributed by atoms with Crippen LogP contribution in [0.3, 0.4) is 0 Å². The molecule has 1 aliphatic heterocycles. The third-order valence-corrected chi connectivity index (χ3v) is 5.36. The molecule has 6 nitrogen and oxygen atoms in total. The molecule has 0 radical (unpaired) electrons. The van der Waals surface area contributed by atoms with Gasteiger partial charge in [-0.15, -0.1) is 0 Å². The second-order valence-electron chi connectivity index (χ2n) is 7.37. The van der Waals surface area contributed by atoms with Gasteiger partial charge < -0.3 is 25.4 Å². The van der Waals surface area contributed by atoms with E-state index in [1.165, 1.54) is 0 Å². The maximum Gasteiger partial charge on any atom is 0.191 e. The Labute approximate surface area is 156 Å². The van der Waals surface area contributed by atoms with Crippen LogP contribution in [-0.2, 0) is 0 Å². The van der Waals surface area contributed by atoms with Gasteiger partial charge in [-0.1, -0.05) is 25.0 Å². The summed E-state index contributed by atoms with van der Waals surface area (Å²) >= 11 is 0. The molecule has 1 unspecified atom stereocenters. The third-order valence-electron chi connectivity index (χ3n) is 5.36. The zero-order valence-electron chi connectivity index (χ0n) is 16.0. The van der Waals surface area contributed by atoms with Crippen molar-refractivity contribution in [2.45, 2.75) is 50.7 Å². The van der Waals surface area contributed by atoms with Crippen LogP contribution < -0.4 is 20.3 Å². The minimum Gasteiger partial charge on any atom is -0.495 e. The zero-order valence-corrected chi connectivity index (χ0v) is 16.0. The van der Waals surface area contributed by atoms with Crippen LogP contribution in [0.1, 0.15) is 39.0 Å². The Balaban J connectivity index is 1.60. The van der Waals surface area contributed by atoms with Crippen molar-refractivity contribution in [3.8, 4) is 5.75 Å². The Bertz CT molecular complexity index is 614. The molecule has 1 atom stereocenters. The Hall–Kier alpha value is -1.95. The highest BCUT2D eigenvalue weighted by atomic mass is 16.5. The first-order chi connectivity index (χ1) is 12.6. The number of nitrogens with zero attached hydrogens (tertiary/aromatic N) is 2. The smallest absolute Gasteiger partial charge is 0.191 e. The fourth-order valence-electron chi connectivity index (χ4n) is 3.92. The third kappa shape index (κ3) is 4.61. The predicted molar refractivity (Wildman–Crippen MR) is 106 cm³/mol. The Morgan fingerprint density at radius 2 is 2.12 bits per heavy atom. The summed E-state index contributed by atoms with van der Waals surface area (Å²) in [6, 6.07) is 8.49. The highest BCUT2D eigenvalue weighted by Gasteiger charge is 2.31. The van der Waals surface area contributed by atoms with E-state index < -0.39 is 5.60 Å². The summed E-state index contributed by atoms with van der Waals surface area (Å²) in [6.45, 7) is 5.26. The standard InChI is InChI=1S/C20H32N4O2/c1-3-21-19(22-15-20(25)11-6-7-12-20)23-16-10-13-24(14-16)17-8-4-5-9-18(17)26-2/h4-5,8-9,16,25H,3,6-7,10-15H2,1-2H3,(H2,21,22,23). The molecule has 1 saturated carbocycles. The molecule has 2 fully saturated rings. The number of ether oxygens (including phenoxy) is 1. The molecule has 1 saturated heterocycles. The predicted octanol–water partition coefficient (Wildman–Crippen LogP) is 2.13. The highest BCUT2D eigenvalue weighted by molar-refractivity contribution is 5.80. The minimum absolute atomic E-state index is 0.330. The van der Waals surface area contributed by atoms with Crippen molar-refractivity contribution in [1.29, 1.82) is 0 Å². The number of benzene rings is 1. The molecule has 0 bridgehead atoms. The summed E-state index contributed by atoms with van der Waals surface area (Å²) in [5, 5.41) is 17.4. The Morgan fingerprint density at radius 1 is 1.35 bits per heavy atom. The van der Waals surface area contributed by atoms with Crippen molar-refractivity contribution in [3.63, 3.8) is 0 Å². The normalized spacial score (nSPS) is 22.5. The minimum atomic E-state index is -0.610. The van der Waals surface area contributed by atoms with Crippen molar-refractivity contribution in [3.05, 3.63) is 24.3 Å². The van der Waals surface area contributed by atoms with Gasteiger partial charge >= 0.3 is 0 Å². The van der Waals surface area contributed by atoms with Gasteiger partial charge in [0, 0.05) is 25.7 Å². The van der Waals surface area contributed by atoms with E-state index in [4.69, 9.17) is 4.74 Å². The van der Waals surface area contributed by atoms with E-state index >= 15 is 0 Å². The first-order valence-corrected chi connectivity index (χ1v) is 9.79. The van der Waals surface area contributed by atoms with E-state index in [2.05, 4.69) is 33.5 Å².